The topological polar surface area (TPSA) is 59.0 Å². The molecular formula is C13H12N2O3. The van der Waals surface area contributed by atoms with E-state index in [-0.39, 0.29) is 24.6 Å². The Bertz CT molecular complexity index is 508. The number of rotatable bonds is 4. The minimum absolute atomic E-state index is 0.0368. The highest BCUT2D eigenvalue weighted by molar-refractivity contribution is 6.42. The number of hydrazone groups is 1. The van der Waals surface area contributed by atoms with Crippen molar-refractivity contribution in [1.82, 2.24) is 0 Å². The van der Waals surface area contributed by atoms with Gasteiger partial charge < -0.3 is 4.74 Å². The fourth-order valence-electron chi connectivity index (χ4n) is 1.53. The number of esters is 1. The molecule has 1 heterocycles. The summed E-state index contributed by atoms with van der Waals surface area (Å²) < 4.78 is 4.84. The Kier molecular flexibility index (Phi) is 3.52. The number of benzene rings is 1. The molecule has 0 aromatic heterocycles. The van der Waals surface area contributed by atoms with Gasteiger partial charge >= 0.3 is 5.97 Å². The van der Waals surface area contributed by atoms with Crippen LogP contribution in [0.5, 0.6) is 0 Å². The zero-order valence-corrected chi connectivity index (χ0v) is 9.70. The monoisotopic (exact) mass is 244 g/mol. The summed E-state index contributed by atoms with van der Waals surface area (Å²) in [4.78, 5) is 23.3. The van der Waals surface area contributed by atoms with Crippen LogP contribution in [0.2, 0.25) is 0 Å². The molecule has 0 spiro atoms. The van der Waals surface area contributed by atoms with Crippen molar-refractivity contribution in [2.24, 2.45) is 5.10 Å². The van der Waals surface area contributed by atoms with Gasteiger partial charge in [0, 0.05) is 0 Å². The maximum Gasteiger partial charge on any atom is 0.355 e. The number of ether oxygens (including phenoxy) is 1. The largest absolute Gasteiger partial charge is 0.457 e. The molecule has 92 valence electrons. The van der Waals surface area contributed by atoms with Crippen molar-refractivity contribution in [3.05, 3.63) is 43.0 Å². The van der Waals surface area contributed by atoms with E-state index in [4.69, 9.17) is 4.74 Å². The Hall–Kier alpha value is -2.43. The van der Waals surface area contributed by atoms with E-state index < -0.39 is 5.97 Å². The van der Waals surface area contributed by atoms with Crippen LogP contribution < -0.4 is 5.01 Å². The number of carbonyl (C=O) groups is 2. The number of hydrogen-bond donors (Lipinski definition) is 0. The summed E-state index contributed by atoms with van der Waals surface area (Å²) in [6.07, 6.45) is 1.43. The molecular weight excluding hydrogens is 232 g/mol. The molecule has 1 aliphatic rings. The molecule has 2 rings (SSSR count). The van der Waals surface area contributed by atoms with E-state index in [0.717, 1.165) is 0 Å². The quantitative estimate of drug-likeness (QED) is 0.595. The van der Waals surface area contributed by atoms with Crippen LogP contribution in [0, 0.1) is 0 Å². The molecule has 1 aliphatic heterocycles. The summed E-state index contributed by atoms with van der Waals surface area (Å²) in [6, 6.07) is 8.93. The first-order valence-electron chi connectivity index (χ1n) is 5.46. The molecule has 0 saturated heterocycles. The molecule has 5 heteroatoms. The van der Waals surface area contributed by atoms with Crippen LogP contribution in [0.3, 0.4) is 0 Å². The van der Waals surface area contributed by atoms with Crippen LogP contribution in [0.1, 0.15) is 6.42 Å². The second-order valence-electron chi connectivity index (χ2n) is 3.65. The number of amides is 1. The molecule has 0 unspecified atom stereocenters. The third-order valence-electron chi connectivity index (χ3n) is 2.34. The van der Waals surface area contributed by atoms with E-state index in [1.54, 1.807) is 24.3 Å². The highest BCUT2D eigenvalue weighted by Gasteiger charge is 2.29. The normalized spacial score (nSPS) is 14.3. The Morgan fingerprint density at radius 3 is 2.83 bits per heavy atom. The van der Waals surface area contributed by atoms with Crippen LogP contribution in [0.4, 0.5) is 5.69 Å². The second-order valence-corrected chi connectivity index (χ2v) is 3.65. The van der Waals surface area contributed by atoms with E-state index in [9.17, 15) is 9.59 Å². The Balaban J connectivity index is 2.15. The first-order chi connectivity index (χ1) is 8.72. The predicted molar refractivity (Wildman–Crippen MR) is 67.1 cm³/mol. The van der Waals surface area contributed by atoms with Crippen molar-refractivity contribution in [2.75, 3.05) is 11.6 Å². The summed E-state index contributed by atoms with van der Waals surface area (Å²) in [7, 11) is 0. The maximum atomic E-state index is 11.7. The number of nitrogens with zero attached hydrogens (tertiary/aromatic N) is 2. The van der Waals surface area contributed by atoms with Gasteiger partial charge in [-0.1, -0.05) is 30.9 Å². The van der Waals surface area contributed by atoms with Gasteiger partial charge in [-0.25, -0.2) is 4.79 Å². The third kappa shape index (κ3) is 2.45. The third-order valence-corrected chi connectivity index (χ3v) is 2.34. The van der Waals surface area contributed by atoms with E-state index in [2.05, 4.69) is 11.7 Å². The highest BCUT2D eigenvalue weighted by Crippen LogP contribution is 2.20. The molecule has 1 aromatic rings. The molecule has 0 radical (unpaired) electrons. The number of anilines is 1. The van der Waals surface area contributed by atoms with Gasteiger partial charge in [-0.2, -0.15) is 10.1 Å². The Morgan fingerprint density at radius 1 is 1.44 bits per heavy atom. The van der Waals surface area contributed by atoms with E-state index in [1.807, 2.05) is 6.07 Å². The SMILES string of the molecule is C=CCOC(=O)C1=NN(c2ccccc2)C(=O)C1. The fraction of sp³-hybridized carbons (Fsp3) is 0.154. The van der Waals surface area contributed by atoms with Crippen molar-refractivity contribution in [2.45, 2.75) is 6.42 Å². The molecule has 0 aliphatic carbocycles. The average Bonchev–Trinajstić information content (AvgIpc) is 2.79. The van der Waals surface area contributed by atoms with E-state index >= 15 is 0 Å². The summed E-state index contributed by atoms with van der Waals surface area (Å²) in [5.41, 5.74) is 0.750. The molecule has 1 aromatic carbocycles. The molecule has 0 bridgehead atoms. The second kappa shape index (κ2) is 5.27. The molecule has 5 nitrogen and oxygen atoms in total. The molecule has 0 saturated carbocycles. The maximum absolute atomic E-state index is 11.7. The van der Waals surface area contributed by atoms with E-state index in [1.165, 1.54) is 11.1 Å². The van der Waals surface area contributed by atoms with Gasteiger partial charge in [0.15, 0.2) is 5.71 Å². The van der Waals surface area contributed by atoms with Gasteiger partial charge in [-0.3, -0.25) is 4.79 Å². The number of carbonyl (C=O) groups excluding carboxylic acids is 2. The van der Waals surface area contributed by atoms with Crippen molar-refractivity contribution in [3.63, 3.8) is 0 Å². The van der Waals surface area contributed by atoms with Crippen LogP contribution in [-0.4, -0.2) is 24.2 Å². The van der Waals surface area contributed by atoms with Crippen molar-refractivity contribution in [1.29, 1.82) is 0 Å². The van der Waals surface area contributed by atoms with Crippen LogP contribution in [0.25, 0.3) is 0 Å². The lowest BCUT2D eigenvalue weighted by molar-refractivity contribution is -0.134. The lowest BCUT2D eigenvalue weighted by Gasteiger charge is -2.10. The molecule has 18 heavy (non-hydrogen) atoms. The van der Waals surface area contributed by atoms with Crippen LogP contribution >= 0.6 is 0 Å². The zero-order chi connectivity index (χ0) is 13.0. The smallest absolute Gasteiger partial charge is 0.355 e. The van der Waals surface area contributed by atoms with E-state index in [0.29, 0.717) is 5.69 Å². The van der Waals surface area contributed by atoms with Gasteiger partial charge in [-0.05, 0) is 12.1 Å². The summed E-state index contributed by atoms with van der Waals surface area (Å²) in [5.74, 6) is -0.826. The minimum atomic E-state index is -0.582. The van der Waals surface area contributed by atoms with Crippen molar-refractivity contribution in [3.8, 4) is 0 Å². The lowest BCUT2D eigenvalue weighted by Crippen LogP contribution is -2.19. The Morgan fingerprint density at radius 2 is 2.17 bits per heavy atom. The summed E-state index contributed by atoms with van der Waals surface area (Å²) >= 11 is 0. The van der Waals surface area contributed by atoms with Gasteiger partial charge in [0.1, 0.15) is 6.61 Å². The lowest BCUT2D eigenvalue weighted by atomic mass is 10.2. The van der Waals surface area contributed by atoms with Gasteiger partial charge in [-0.15, -0.1) is 0 Å². The molecule has 0 atom stereocenters. The molecule has 0 N–H and O–H groups in total. The summed E-state index contributed by atoms with van der Waals surface area (Å²) in [6.45, 7) is 3.55. The predicted octanol–water partition coefficient (Wildman–Crippen LogP) is 1.51. The highest BCUT2D eigenvalue weighted by atomic mass is 16.5. The minimum Gasteiger partial charge on any atom is -0.457 e. The number of hydrogen-bond acceptors (Lipinski definition) is 4. The van der Waals surface area contributed by atoms with Crippen molar-refractivity contribution >= 4 is 23.3 Å². The van der Waals surface area contributed by atoms with Crippen LogP contribution in [0.15, 0.2) is 48.1 Å². The first kappa shape index (κ1) is 12.0. The van der Waals surface area contributed by atoms with Crippen molar-refractivity contribution < 1.29 is 14.3 Å². The van der Waals surface area contributed by atoms with Crippen LogP contribution in [-0.2, 0) is 14.3 Å². The number of para-hydroxylation sites is 1. The summed E-state index contributed by atoms with van der Waals surface area (Å²) in [5, 5.41) is 5.20. The standard InChI is InChI=1S/C13H12N2O3/c1-2-8-18-13(17)11-9-12(16)15(14-11)10-6-4-3-5-7-10/h2-7H,1,8-9H2. The van der Waals surface area contributed by atoms with Gasteiger partial charge in [0.2, 0.25) is 0 Å². The zero-order valence-electron chi connectivity index (χ0n) is 9.70. The first-order valence-corrected chi connectivity index (χ1v) is 5.46. The molecule has 1 amide bonds. The van der Waals surface area contributed by atoms with Gasteiger partial charge in [0.05, 0.1) is 12.1 Å². The molecule has 0 fully saturated rings. The Labute approximate surface area is 104 Å². The fourth-order valence-corrected chi connectivity index (χ4v) is 1.53. The van der Waals surface area contributed by atoms with Gasteiger partial charge in [0.25, 0.3) is 5.91 Å². The average molecular weight is 244 g/mol.